The van der Waals surface area contributed by atoms with Crippen LogP contribution in [-0.4, -0.2) is 15.2 Å². The van der Waals surface area contributed by atoms with Gasteiger partial charge >= 0.3 is 0 Å². The molecular weight excluding hydrogens is 278 g/mol. The molecule has 6 nitrogen and oxygen atoms in total. The molecule has 0 fully saturated rings. The van der Waals surface area contributed by atoms with Crippen molar-refractivity contribution in [3.63, 3.8) is 0 Å². The number of benzene rings is 1. The summed E-state index contributed by atoms with van der Waals surface area (Å²) in [5, 5.41) is 14.3. The molecule has 0 radical (unpaired) electrons. The number of hydrogen-bond acceptors (Lipinski definition) is 6. The molecule has 3 aromatic rings. The molecule has 22 heavy (non-hydrogen) atoms. The fourth-order valence-corrected chi connectivity index (χ4v) is 2.04. The molecule has 0 saturated carbocycles. The fraction of sp³-hybridized carbons (Fsp3) is 0.188. The van der Waals surface area contributed by atoms with Gasteiger partial charge in [0.1, 0.15) is 5.76 Å². The van der Waals surface area contributed by atoms with E-state index >= 15 is 0 Å². The zero-order valence-electron chi connectivity index (χ0n) is 12.5. The third-order valence-electron chi connectivity index (χ3n) is 3.43. The van der Waals surface area contributed by atoms with Crippen LogP contribution in [0, 0.1) is 13.8 Å². The standard InChI is InChI=1S/C16H17N5O/c1-11-5-3-7-14(12(11)2)19-15-10-18-21-16(20-15)17-9-13-6-4-8-22-13/h3-8,10H,9H2,1-2H3,(H2,17,19,20,21). The highest BCUT2D eigenvalue weighted by atomic mass is 16.3. The number of hydrogen-bond donors (Lipinski definition) is 2. The quantitative estimate of drug-likeness (QED) is 0.751. The van der Waals surface area contributed by atoms with Crippen LogP contribution in [0.25, 0.3) is 0 Å². The van der Waals surface area contributed by atoms with Crippen LogP contribution in [0.1, 0.15) is 16.9 Å². The number of anilines is 3. The zero-order chi connectivity index (χ0) is 15.4. The third-order valence-corrected chi connectivity index (χ3v) is 3.43. The van der Waals surface area contributed by atoms with Crippen LogP contribution in [0.3, 0.4) is 0 Å². The largest absolute Gasteiger partial charge is 0.467 e. The number of nitrogens with zero attached hydrogens (tertiary/aromatic N) is 3. The van der Waals surface area contributed by atoms with E-state index in [1.807, 2.05) is 24.3 Å². The smallest absolute Gasteiger partial charge is 0.245 e. The van der Waals surface area contributed by atoms with Gasteiger partial charge in [0.25, 0.3) is 0 Å². The second-order valence-corrected chi connectivity index (χ2v) is 4.97. The summed E-state index contributed by atoms with van der Waals surface area (Å²) in [5.74, 6) is 1.91. The first kappa shape index (κ1) is 14.1. The SMILES string of the molecule is Cc1cccc(Nc2cnnc(NCc3ccco3)n2)c1C. The summed E-state index contributed by atoms with van der Waals surface area (Å²) in [6.45, 7) is 4.67. The molecule has 0 amide bonds. The van der Waals surface area contributed by atoms with Gasteiger partial charge in [-0.25, -0.2) is 0 Å². The maximum atomic E-state index is 5.26. The lowest BCUT2D eigenvalue weighted by molar-refractivity contribution is 0.517. The van der Waals surface area contributed by atoms with Gasteiger partial charge in [0, 0.05) is 5.69 Å². The van der Waals surface area contributed by atoms with Gasteiger partial charge in [-0.15, -0.1) is 5.10 Å². The first-order valence-electron chi connectivity index (χ1n) is 7.01. The monoisotopic (exact) mass is 295 g/mol. The summed E-state index contributed by atoms with van der Waals surface area (Å²) in [6.07, 6.45) is 3.23. The first-order chi connectivity index (χ1) is 10.7. The molecule has 0 aliphatic rings. The Morgan fingerprint density at radius 2 is 2.05 bits per heavy atom. The molecule has 3 rings (SSSR count). The lowest BCUT2D eigenvalue weighted by Gasteiger charge is -2.11. The van der Waals surface area contributed by atoms with Crippen molar-refractivity contribution in [3.8, 4) is 0 Å². The molecule has 0 atom stereocenters. The van der Waals surface area contributed by atoms with Crippen LogP contribution in [0.2, 0.25) is 0 Å². The van der Waals surface area contributed by atoms with Crippen molar-refractivity contribution in [2.75, 3.05) is 10.6 Å². The molecule has 2 N–H and O–H groups in total. The van der Waals surface area contributed by atoms with Crippen LogP contribution >= 0.6 is 0 Å². The number of nitrogens with one attached hydrogen (secondary N) is 2. The molecule has 0 aliphatic carbocycles. The summed E-state index contributed by atoms with van der Waals surface area (Å²) in [6, 6.07) is 9.83. The van der Waals surface area contributed by atoms with E-state index in [0.717, 1.165) is 11.4 Å². The molecule has 0 spiro atoms. The van der Waals surface area contributed by atoms with Crippen LogP contribution in [-0.2, 0) is 6.54 Å². The molecule has 2 aromatic heterocycles. The second-order valence-electron chi connectivity index (χ2n) is 4.97. The van der Waals surface area contributed by atoms with Gasteiger partial charge in [-0.3, -0.25) is 0 Å². The Kier molecular flexibility index (Phi) is 4.00. The Labute approximate surface area is 128 Å². The predicted octanol–water partition coefficient (Wildman–Crippen LogP) is 3.44. The van der Waals surface area contributed by atoms with Gasteiger partial charge in [-0.2, -0.15) is 10.1 Å². The van der Waals surface area contributed by atoms with Crippen LogP contribution in [0.15, 0.2) is 47.2 Å². The van der Waals surface area contributed by atoms with Gasteiger partial charge in [-0.1, -0.05) is 12.1 Å². The third kappa shape index (κ3) is 3.22. The van der Waals surface area contributed by atoms with Crippen molar-refractivity contribution in [1.82, 2.24) is 15.2 Å². The van der Waals surface area contributed by atoms with Crippen molar-refractivity contribution in [2.45, 2.75) is 20.4 Å². The maximum absolute atomic E-state index is 5.26. The van der Waals surface area contributed by atoms with E-state index in [1.165, 1.54) is 11.1 Å². The summed E-state index contributed by atoms with van der Waals surface area (Å²) in [7, 11) is 0. The Hall–Kier alpha value is -2.89. The highest BCUT2D eigenvalue weighted by Crippen LogP contribution is 2.21. The van der Waals surface area contributed by atoms with Gasteiger partial charge in [0.05, 0.1) is 19.0 Å². The average molecular weight is 295 g/mol. The summed E-state index contributed by atoms with van der Waals surface area (Å²) < 4.78 is 5.26. The molecule has 2 heterocycles. The Balaban J connectivity index is 1.72. The van der Waals surface area contributed by atoms with Gasteiger partial charge in [-0.05, 0) is 43.2 Å². The van der Waals surface area contributed by atoms with Crippen LogP contribution in [0.4, 0.5) is 17.5 Å². The minimum Gasteiger partial charge on any atom is -0.467 e. The van der Waals surface area contributed by atoms with Crippen molar-refractivity contribution < 1.29 is 4.42 Å². The lowest BCUT2D eigenvalue weighted by Crippen LogP contribution is -2.06. The van der Waals surface area contributed by atoms with Crippen LogP contribution < -0.4 is 10.6 Å². The van der Waals surface area contributed by atoms with Crippen molar-refractivity contribution in [2.24, 2.45) is 0 Å². The van der Waals surface area contributed by atoms with Gasteiger partial charge in [0.2, 0.25) is 5.95 Å². The van der Waals surface area contributed by atoms with E-state index in [4.69, 9.17) is 4.42 Å². The maximum Gasteiger partial charge on any atom is 0.245 e. The lowest BCUT2D eigenvalue weighted by atomic mass is 10.1. The minimum atomic E-state index is 0.451. The number of aromatic nitrogens is 3. The summed E-state index contributed by atoms with van der Waals surface area (Å²) in [5.41, 5.74) is 3.42. The summed E-state index contributed by atoms with van der Waals surface area (Å²) in [4.78, 5) is 4.40. The topological polar surface area (TPSA) is 75.9 Å². The van der Waals surface area contributed by atoms with Crippen LogP contribution in [0.5, 0.6) is 0 Å². The molecule has 0 bridgehead atoms. The molecule has 1 aromatic carbocycles. The number of furan rings is 1. The average Bonchev–Trinajstić information content (AvgIpc) is 3.04. The Morgan fingerprint density at radius 1 is 1.14 bits per heavy atom. The molecule has 0 saturated heterocycles. The van der Waals surface area contributed by atoms with E-state index in [9.17, 15) is 0 Å². The van der Waals surface area contributed by atoms with Gasteiger partial charge < -0.3 is 15.1 Å². The van der Waals surface area contributed by atoms with Gasteiger partial charge in [0.15, 0.2) is 5.82 Å². The first-order valence-corrected chi connectivity index (χ1v) is 7.01. The second kappa shape index (κ2) is 6.26. The molecular formula is C16H17N5O. The van der Waals surface area contributed by atoms with E-state index < -0.39 is 0 Å². The van der Waals surface area contributed by atoms with Crippen molar-refractivity contribution >= 4 is 17.5 Å². The fourth-order valence-electron chi connectivity index (χ4n) is 2.04. The van der Waals surface area contributed by atoms with Crippen molar-refractivity contribution in [3.05, 3.63) is 59.7 Å². The minimum absolute atomic E-state index is 0.451. The highest BCUT2D eigenvalue weighted by Gasteiger charge is 2.05. The number of rotatable bonds is 5. The van der Waals surface area contributed by atoms with Crippen molar-refractivity contribution in [1.29, 1.82) is 0 Å². The van der Waals surface area contributed by atoms with E-state index in [0.29, 0.717) is 18.3 Å². The molecule has 6 heteroatoms. The Morgan fingerprint density at radius 3 is 2.86 bits per heavy atom. The number of aryl methyl sites for hydroxylation is 1. The van der Waals surface area contributed by atoms with E-state index in [-0.39, 0.29) is 0 Å². The van der Waals surface area contributed by atoms with E-state index in [2.05, 4.69) is 45.7 Å². The molecule has 112 valence electrons. The predicted molar refractivity (Wildman–Crippen MR) is 85.1 cm³/mol. The summed E-state index contributed by atoms with van der Waals surface area (Å²) >= 11 is 0. The Bertz CT molecular complexity index is 755. The highest BCUT2D eigenvalue weighted by molar-refractivity contribution is 5.61. The normalized spacial score (nSPS) is 10.5. The zero-order valence-corrected chi connectivity index (χ0v) is 12.5. The molecule has 0 unspecified atom stereocenters. The van der Waals surface area contributed by atoms with E-state index in [1.54, 1.807) is 12.5 Å². The molecule has 0 aliphatic heterocycles.